The first kappa shape index (κ1) is 15.6. The van der Waals surface area contributed by atoms with Crippen molar-refractivity contribution in [1.82, 2.24) is 0 Å². The Labute approximate surface area is 117 Å². The molecule has 1 N–H and O–H groups in total. The Balaban J connectivity index is 3.07. The van der Waals surface area contributed by atoms with Crippen LogP contribution < -0.4 is 5.32 Å². The van der Waals surface area contributed by atoms with Gasteiger partial charge in [-0.1, -0.05) is 25.1 Å². The fourth-order valence-corrected chi connectivity index (χ4v) is 2.62. The zero-order valence-corrected chi connectivity index (χ0v) is 12.3. The predicted octanol–water partition coefficient (Wildman–Crippen LogP) is 3.00. The van der Waals surface area contributed by atoms with Crippen molar-refractivity contribution in [3.8, 4) is 0 Å². The smallest absolute Gasteiger partial charge is 0.323 e. The van der Waals surface area contributed by atoms with E-state index in [1.54, 1.807) is 13.0 Å². The number of rotatable bonds is 6. The second kappa shape index (κ2) is 7.84. The quantitative estimate of drug-likeness (QED) is 0.814. The van der Waals surface area contributed by atoms with Crippen molar-refractivity contribution in [2.45, 2.75) is 26.0 Å². The molecule has 0 radical (unpaired) electrons. The largest absolute Gasteiger partial charge is 0.465 e. The first-order valence-corrected chi connectivity index (χ1v) is 7.29. The van der Waals surface area contributed by atoms with Crippen LogP contribution in [0.4, 0.5) is 5.69 Å². The van der Waals surface area contributed by atoms with Gasteiger partial charge in [0.2, 0.25) is 5.91 Å². The van der Waals surface area contributed by atoms with E-state index in [-0.39, 0.29) is 11.9 Å². The van der Waals surface area contributed by atoms with E-state index in [9.17, 15) is 9.59 Å². The summed E-state index contributed by atoms with van der Waals surface area (Å²) < 4.78 is 5.10. The maximum absolute atomic E-state index is 12.0. The minimum atomic E-state index is -0.409. The van der Waals surface area contributed by atoms with Gasteiger partial charge in [0.1, 0.15) is 5.25 Å². The Morgan fingerprint density at radius 3 is 2.58 bits per heavy atom. The van der Waals surface area contributed by atoms with Gasteiger partial charge in [0.05, 0.1) is 6.61 Å². The highest BCUT2D eigenvalue weighted by molar-refractivity contribution is 8.00. The zero-order chi connectivity index (χ0) is 14.3. The number of carbonyl (C=O) groups excluding carboxylic acids is 2. The maximum Gasteiger partial charge on any atom is 0.323 e. The number of hydrogen-bond donors (Lipinski definition) is 1. The Bertz CT molecular complexity index is 448. The Hall–Kier alpha value is -1.49. The second-order valence-corrected chi connectivity index (χ2v) is 5.24. The van der Waals surface area contributed by atoms with Crippen LogP contribution in [0.2, 0.25) is 0 Å². The molecule has 0 spiro atoms. The van der Waals surface area contributed by atoms with Gasteiger partial charge in [-0.2, -0.15) is 0 Å². The highest BCUT2D eigenvalue weighted by atomic mass is 32.2. The minimum absolute atomic E-state index is 0.156. The lowest BCUT2D eigenvalue weighted by Gasteiger charge is -2.18. The molecule has 0 aliphatic carbocycles. The van der Waals surface area contributed by atoms with Gasteiger partial charge >= 0.3 is 5.97 Å². The lowest BCUT2D eigenvalue weighted by molar-refractivity contribution is -0.142. The van der Waals surface area contributed by atoms with E-state index >= 15 is 0 Å². The summed E-state index contributed by atoms with van der Waals surface area (Å²) in [6, 6.07) is 7.31. The number of thioether (sulfide) groups is 1. The van der Waals surface area contributed by atoms with Crippen LogP contribution in [0, 0.1) is 0 Å². The van der Waals surface area contributed by atoms with Gasteiger partial charge in [0.15, 0.2) is 0 Å². The molecule has 1 aromatic carbocycles. The molecule has 1 unspecified atom stereocenters. The highest BCUT2D eigenvalue weighted by Gasteiger charge is 2.24. The first-order chi connectivity index (χ1) is 9.10. The molecule has 104 valence electrons. The van der Waals surface area contributed by atoms with Crippen LogP contribution in [0.1, 0.15) is 31.6 Å². The van der Waals surface area contributed by atoms with Crippen LogP contribution >= 0.6 is 11.8 Å². The molecule has 0 aliphatic rings. The van der Waals surface area contributed by atoms with Gasteiger partial charge < -0.3 is 10.1 Å². The van der Waals surface area contributed by atoms with Crippen LogP contribution in [0.5, 0.6) is 0 Å². The van der Waals surface area contributed by atoms with Gasteiger partial charge in [-0.05, 0) is 24.3 Å². The number of para-hydroxylation sites is 1. The number of amides is 1. The molecular formula is C14H19NO3S. The molecule has 0 heterocycles. The molecule has 1 rings (SSSR count). The number of ether oxygens (including phenoxy) is 1. The van der Waals surface area contributed by atoms with Gasteiger partial charge in [-0.3, -0.25) is 9.59 Å². The lowest BCUT2D eigenvalue weighted by Crippen LogP contribution is -2.16. The monoisotopic (exact) mass is 281 g/mol. The number of anilines is 1. The van der Waals surface area contributed by atoms with Crippen molar-refractivity contribution < 1.29 is 14.3 Å². The van der Waals surface area contributed by atoms with E-state index in [1.807, 2.05) is 25.1 Å². The number of esters is 1. The van der Waals surface area contributed by atoms with Crippen LogP contribution in [-0.2, 0) is 14.3 Å². The average Bonchev–Trinajstić information content (AvgIpc) is 2.36. The second-order valence-electron chi connectivity index (χ2n) is 3.86. The minimum Gasteiger partial charge on any atom is -0.465 e. The Morgan fingerprint density at radius 1 is 1.32 bits per heavy atom. The number of nitrogens with one attached hydrogen (secondary N) is 1. The SMILES string of the molecule is CCOC(=O)C(SCC)c1ccccc1NC(C)=O. The molecule has 0 fully saturated rings. The maximum atomic E-state index is 12.0. The molecule has 4 nitrogen and oxygen atoms in total. The third-order valence-electron chi connectivity index (χ3n) is 2.39. The van der Waals surface area contributed by atoms with E-state index < -0.39 is 5.25 Å². The van der Waals surface area contributed by atoms with Crippen LogP contribution in [0.15, 0.2) is 24.3 Å². The van der Waals surface area contributed by atoms with E-state index in [2.05, 4.69) is 5.32 Å². The summed E-state index contributed by atoms with van der Waals surface area (Å²) in [5.74, 6) is 0.362. The molecule has 5 heteroatoms. The standard InChI is InChI=1S/C14H19NO3S/c1-4-18-14(17)13(19-5-2)11-8-6-7-9-12(11)15-10(3)16/h6-9,13H,4-5H2,1-3H3,(H,15,16). The van der Waals surface area contributed by atoms with Crippen molar-refractivity contribution >= 4 is 29.3 Å². The lowest BCUT2D eigenvalue weighted by atomic mass is 10.1. The van der Waals surface area contributed by atoms with Crippen molar-refractivity contribution in [3.63, 3.8) is 0 Å². The molecule has 1 aromatic rings. The Morgan fingerprint density at radius 2 is 2.00 bits per heavy atom. The molecular weight excluding hydrogens is 262 g/mol. The summed E-state index contributed by atoms with van der Waals surface area (Å²) in [5.41, 5.74) is 1.44. The summed E-state index contributed by atoms with van der Waals surface area (Å²) in [6.45, 7) is 5.56. The van der Waals surface area contributed by atoms with Crippen LogP contribution in [0.25, 0.3) is 0 Å². The summed E-state index contributed by atoms with van der Waals surface area (Å²) >= 11 is 1.49. The fraction of sp³-hybridized carbons (Fsp3) is 0.429. The molecule has 0 bridgehead atoms. The van der Waals surface area contributed by atoms with Crippen LogP contribution in [-0.4, -0.2) is 24.2 Å². The average molecular weight is 281 g/mol. The van der Waals surface area contributed by atoms with Gasteiger partial charge in [-0.15, -0.1) is 11.8 Å². The molecule has 19 heavy (non-hydrogen) atoms. The number of carbonyl (C=O) groups is 2. The number of hydrogen-bond acceptors (Lipinski definition) is 4. The first-order valence-electron chi connectivity index (χ1n) is 6.24. The van der Waals surface area contributed by atoms with Gasteiger partial charge in [-0.25, -0.2) is 0 Å². The molecule has 1 amide bonds. The van der Waals surface area contributed by atoms with E-state index in [4.69, 9.17) is 4.74 Å². The third kappa shape index (κ3) is 4.59. The predicted molar refractivity (Wildman–Crippen MR) is 78.3 cm³/mol. The number of benzene rings is 1. The molecule has 1 atom stereocenters. The normalized spacial score (nSPS) is 11.7. The topological polar surface area (TPSA) is 55.4 Å². The molecule has 0 aromatic heterocycles. The molecule has 0 aliphatic heterocycles. The summed E-state index contributed by atoms with van der Waals surface area (Å²) in [7, 11) is 0. The van der Waals surface area contributed by atoms with Crippen molar-refractivity contribution in [3.05, 3.63) is 29.8 Å². The summed E-state index contributed by atoms with van der Waals surface area (Å²) in [5, 5.41) is 2.34. The zero-order valence-electron chi connectivity index (χ0n) is 11.4. The van der Waals surface area contributed by atoms with Crippen LogP contribution in [0.3, 0.4) is 0 Å². The third-order valence-corrected chi connectivity index (χ3v) is 3.50. The molecule has 0 saturated heterocycles. The van der Waals surface area contributed by atoms with Gasteiger partial charge in [0.25, 0.3) is 0 Å². The van der Waals surface area contributed by atoms with Gasteiger partial charge in [0, 0.05) is 12.6 Å². The van der Waals surface area contributed by atoms with E-state index in [1.165, 1.54) is 18.7 Å². The van der Waals surface area contributed by atoms with Crippen molar-refractivity contribution in [1.29, 1.82) is 0 Å². The highest BCUT2D eigenvalue weighted by Crippen LogP contribution is 2.34. The summed E-state index contributed by atoms with van der Waals surface area (Å²) in [6.07, 6.45) is 0. The summed E-state index contributed by atoms with van der Waals surface area (Å²) in [4.78, 5) is 23.2. The van der Waals surface area contributed by atoms with E-state index in [0.29, 0.717) is 12.3 Å². The molecule has 0 saturated carbocycles. The Kier molecular flexibility index (Phi) is 6.42. The van der Waals surface area contributed by atoms with E-state index in [0.717, 1.165) is 11.3 Å². The van der Waals surface area contributed by atoms with Crippen molar-refractivity contribution in [2.75, 3.05) is 17.7 Å². The van der Waals surface area contributed by atoms with Crippen molar-refractivity contribution in [2.24, 2.45) is 0 Å². The fourth-order valence-electron chi connectivity index (χ4n) is 1.70.